The van der Waals surface area contributed by atoms with E-state index in [9.17, 15) is 4.79 Å². The van der Waals surface area contributed by atoms with Crippen LogP contribution in [0.2, 0.25) is 10.0 Å². The number of carbonyl (C=O) groups is 1. The summed E-state index contributed by atoms with van der Waals surface area (Å²) in [7, 11) is 0. The molecular formula is C16H23Cl3N2O. The summed E-state index contributed by atoms with van der Waals surface area (Å²) in [6.45, 7) is 5.83. The lowest BCUT2D eigenvalue weighted by molar-refractivity contribution is -0.131. The van der Waals surface area contributed by atoms with Gasteiger partial charge in [-0.1, -0.05) is 36.2 Å². The van der Waals surface area contributed by atoms with E-state index in [1.165, 1.54) is 0 Å². The van der Waals surface area contributed by atoms with Gasteiger partial charge in [0.1, 0.15) is 0 Å². The molecule has 3 nitrogen and oxygen atoms in total. The number of nitrogens with one attached hydrogen (secondary N) is 1. The van der Waals surface area contributed by atoms with Crippen LogP contribution in [-0.2, 0) is 11.2 Å². The molecule has 1 N–H and O–H groups in total. The van der Waals surface area contributed by atoms with Gasteiger partial charge in [-0.2, -0.15) is 0 Å². The Morgan fingerprint density at radius 2 is 1.86 bits per heavy atom. The van der Waals surface area contributed by atoms with Crippen LogP contribution in [-0.4, -0.2) is 37.0 Å². The Labute approximate surface area is 148 Å². The van der Waals surface area contributed by atoms with Crippen LogP contribution in [0.5, 0.6) is 0 Å². The van der Waals surface area contributed by atoms with Crippen LogP contribution in [0, 0.1) is 5.92 Å². The smallest absolute Gasteiger partial charge is 0.227 e. The number of amides is 1. The summed E-state index contributed by atoms with van der Waals surface area (Å²) in [5, 5.41) is 4.51. The third kappa shape index (κ3) is 5.31. The van der Waals surface area contributed by atoms with Gasteiger partial charge in [-0.15, -0.1) is 12.4 Å². The fraction of sp³-hybridized carbons (Fsp3) is 0.562. The SMILES string of the molecule is CCNCC1CCN(C(=O)Cc2c(Cl)cccc2Cl)CC1.Cl. The molecule has 1 amide bonds. The van der Waals surface area contributed by atoms with Crippen LogP contribution in [0.15, 0.2) is 18.2 Å². The Bertz CT molecular complexity index is 468. The molecule has 2 rings (SSSR count). The highest BCUT2D eigenvalue weighted by atomic mass is 35.5. The van der Waals surface area contributed by atoms with Gasteiger partial charge in [0.15, 0.2) is 0 Å². The van der Waals surface area contributed by atoms with Crippen LogP contribution < -0.4 is 5.32 Å². The minimum absolute atomic E-state index is 0. The van der Waals surface area contributed by atoms with E-state index in [1.54, 1.807) is 18.2 Å². The van der Waals surface area contributed by atoms with Gasteiger partial charge in [-0.05, 0) is 49.5 Å². The monoisotopic (exact) mass is 364 g/mol. The number of carbonyl (C=O) groups excluding carboxylic acids is 1. The van der Waals surface area contributed by atoms with Gasteiger partial charge in [-0.25, -0.2) is 0 Å². The number of hydrogen-bond donors (Lipinski definition) is 1. The average molecular weight is 366 g/mol. The van der Waals surface area contributed by atoms with Gasteiger partial charge in [0.05, 0.1) is 6.42 Å². The van der Waals surface area contributed by atoms with Gasteiger partial charge >= 0.3 is 0 Å². The molecule has 0 aromatic heterocycles. The molecule has 1 aromatic rings. The highest BCUT2D eigenvalue weighted by Crippen LogP contribution is 2.26. The summed E-state index contributed by atoms with van der Waals surface area (Å²) in [5.74, 6) is 0.796. The molecule has 0 saturated carbocycles. The van der Waals surface area contributed by atoms with E-state index >= 15 is 0 Å². The zero-order valence-electron chi connectivity index (χ0n) is 12.8. The van der Waals surface area contributed by atoms with Gasteiger partial charge in [0.2, 0.25) is 5.91 Å². The first kappa shape index (κ1) is 19.6. The zero-order valence-corrected chi connectivity index (χ0v) is 15.1. The maximum atomic E-state index is 12.4. The van der Waals surface area contributed by atoms with Crippen molar-refractivity contribution in [2.45, 2.75) is 26.2 Å². The maximum absolute atomic E-state index is 12.4. The minimum atomic E-state index is 0. The first-order valence-corrected chi connectivity index (χ1v) is 8.28. The highest BCUT2D eigenvalue weighted by molar-refractivity contribution is 6.36. The number of rotatable bonds is 5. The Balaban J connectivity index is 0.00000242. The third-order valence-electron chi connectivity index (χ3n) is 4.04. The minimum Gasteiger partial charge on any atom is -0.342 e. The number of piperidine rings is 1. The van der Waals surface area contributed by atoms with Crippen molar-refractivity contribution in [2.24, 2.45) is 5.92 Å². The van der Waals surface area contributed by atoms with E-state index in [0.29, 0.717) is 16.0 Å². The molecule has 124 valence electrons. The summed E-state index contributed by atoms with van der Waals surface area (Å²) < 4.78 is 0. The molecular weight excluding hydrogens is 343 g/mol. The Morgan fingerprint density at radius 1 is 1.27 bits per heavy atom. The normalized spacial score (nSPS) is 15.5. The van der Waals surface area contributed by atoms with E-state index in [4.69, 9.17) is 23.2 Å². The molecule has 0 aliphatic carbocycles. The summed E-state index contributed by atoms with van der Waals surface area (Å²) >= 11 is 12.3. The van der Waals surface area contributed by atoms with Gasteiger partial charge in [0.25, 0.3) is 0 Å². The number of benzene rings is 1. The molecule has 0 spiro atoms. The molecule has 22 heavy (non-hydrogen) atoms. The van der Waals surface area contributed by atoms with Crippen molar-refractivity contribution >= 4 is 41.5 Å². The van der Waals surface area contributed by atoms with E-state index in [0.717, 1.165) is 44.6 Å². The molecule has 0 atom stereocenters. The lowest BCUT2D eigenvalue weighted by atomic mass is 9.96. The molecule has 1 heterocycles. The quantitative estimate of drug-likeness (QED) is 0.860. The van der Waals surface area contributed by atoms with E-state index in [1.807, 2.05) is 4.90 Å². The van der Waals surface area contributed by atoms with Gasteiger partial charge < -0.3 is 10.2 Å². The van der Waals surface area contributed by atoms with Crippen LogP contribution in [0.25, 0.3) is 0 Å². The van der Waals surface area contributed by atoms with Crippen molar-refractivity contribution in [3.63, 3.8) is 0 Å². The first-order valence-electron chi connectivity index (χ1n) is 7.53. The molecule has 1 saturated heterocycles. The van der Waals surface area contributed by atoms with Gasteiger partial charge in [-0.3, -0.25) is 4.79 Å². The Morgan fingerprint density at radius 3 is 2.41 bits per heavy atom. The predicted octanol–water partition coefficient (Wildman–Crippen LogP) is 3.81. The lowest BCUT2D eigenvalue weighted by Crippen LogP contribution is -2.41. The standard InChI is InChI=1S/C16H22Cl2N2O.ClH/c1-2-19-11-12-6-8-20(9-7-12)16(21)10-13-14(17)4-3-5-15(13)18;/h3-5,12,19H,2,6-11H2,1H3;1H. The van der Waals surface area contributed by atoms with Gasteiger partial charge in [0, 0.05) is 23.1 Å². The topological polar surface area (TPSA) is 32.3 Å². The zero-order chi connectivity index (χ0) is 15.2. The number of halogens is 3. The van der Waals surface area contributed by atoms with Crippen molar-refractivity contribution in [3.05, 3.63) is 33.8 Å². The highest BCUT2D eigenvalue weighted by Gasteiger charge is 2.23. The fourth-order valence-electron chi connectivity index (χ4n) is 2.70. The van der Waals surface area contributed by atoms with Crippen LogP contribution >= 0.6 is 35.6 Å². The number of likely N-dealkylation sites (tertiary alicyclic amines) is 1. The van der Waals surface area contributed by atoms with Crippen molar-refractivity contribution in [2.75, 3.05) is 26.2 Å². The summed E-state index contributed by atoms with van der Waals surface area (Å²) in [6, 6.07) is 5.35. The molecule has 0 bridgehead atoms. The maximum Gasteiger partial charge on any atom is 0.227 e. The molecule has 6 heteroatoms. The van der Waals surface area contributed by atoms with Crippen molar-refractivity contribution in [3.8, 4) is 0 Å². The summed E-state index contributed by atoms with van der Waals surface area (Å²) in [4.78, 5) is 14.3. The molecule has 0 unspecified atom stereocenters. The van der Waals surface area contributed by atoms with Crippen molar-refractivity contribution < 1.29 is 4.79 Å². The largest absolute Gasteiger partial charge is 0.342 e. The first-order chi connectivity index (χ1) is 10.1. The molecule has 1 fully saturated rings. The second kappa shape index (κ2) is 9.61. The Kier molecular flexibility index (Phi) is 8.55. The van der Waals surface area contributed by atoms with Crippen molar-refractivity contribution in [1.29, 1.82) is 0 Å². The second-order valence-electron chi connectivity index (χ2n) is 5.51. The average Bonchev–Trinajstić information content (AvgIpc) is 2.49. The van der Waals surface area contributed by atoms with Crippen LogP contribution in [0.4, 0.5) is 0 Å². The second-order valence-corrected chi connectivity index (χ2v) is 6.32. The molecule has 1 aliphatic heterocycles. The summed E-state index contributed by atoms with van der Waals surface area (Å²) in [6.07, 6.45) is 2.42. The van der Waals surface area contributed by atoms with Crippen LogP contribution in [0.3, 0.4) is 0 Å². The van der Waals surface area contributed by atoms with Crippen molar-refractivity contribution in [1.82, 2.24) is 10.2 Å². The Hall–Kier alpha value is -0.480. The summed E-state index contributed by atoms with van der Waals surface area (Å²) in [5.41, 5.74) is 0.737. The van der Waals surface area contributed by atoms with E-state index < -0.39 is 0 Å². The third-order valence-corrected chi connectivity index (χ3v) is 4.75. The predicted molar refractivity (Wildman–Crippen MR) is 95.3 cm³/mol. The molecule has 1 aromatic carbocycles. The number of nitrogens with zero attached hydrogens (tertiary/aromatic N) is 1. The van der Waals surface area contributed by atoms with E-state index in [2.05, 4.69) is 12.2 Å². The molecule has 1 aliphatic rings. The lowest BCUT2D eigenvalue weighted by Gasteiger charge is -2.32. The van der Waals surface area contributed by atoms with E-state index in [-0.39, 0.29) is 24.7 Å². The molecule has 0 radical (unpaired) electrons. The fourth-order valence-corrected chi connectivity index (χ4v) is 3.23. The number of hydrogen-bond acceptors (Lipinski definition) is 2. The van der Waals surface area contributed by atoms with Crippen LogP contribution in [0.1, 0.15) is 25.3 Å².